The van der Waals surface area contributed by atoms with Crippen LogP contribution in [0.2, 0.25) is 0 Å². The van der Waals surface area contributed by atoms with Gasteiger partial charge in [-0.3, -0.25) is 9.59 Å². The first-order valence-corrected chi connectivity index (χ1v) is 9.65. The molecule has 1 aliphatic rings. The Morgan fingerprint density at radius 2 is 2.00 bits per heavy atom. The third-order valence-electron chi connectivity index (χ3n) is 4.52. The summed E-state index contributed by atoms with van der Waals surface area (Å²) in [6.07, 6.45) is -0.147. The van der Waals surface area contributed by atoms with Crippen molar-refractivity contribution in [2.75, 3.05) is 19.7 Å². The van der Waals surface area contributed by atoms with Crippen LogP contribution in [-0.2, 0) is 16.1 Å². The number of amides is 1. The Kier molecular flexibility index (Phi) is 5.13. The molecule has 4 rings (SSSR count). The number of thiophene rings is 1. The van der Waals surface area contributed by atoms with Crippen LogP contribution in [0.5, 0.6) is 0 Å². The van der Waals surface area contributed by atoms with E-state index in [0.29, 0.717) is 25.4 Å². The van der Waals surface area contributed by atoms with Gasteiger partial charge in [-0.05, 0) is 23.1 Å². The third-order valence-corrected chi connectivity index (χ3v) is 5.41. The summed E-state index contributed by atoms with van der Waals surface area (Å²) in [5.41, 5.74) is 1.46. The van der Waals surface area contributed by atoms with Gasteiger partial charge in [-0.2, -0.15) is 5.10 Å². The Balaban J connectivity index is 1.49. The van der Waals surface area contributed by atoms with E-state index in [2.05, 4.69) is 5.10 Å². The van der Waals surface area contributed by atoms with E-state index in [9.17, 15) is 9.59 Å². The van der Waals surface area contributed by atoms with Gasteiger partial charge in [-0.25, -0.2) is 4.68 Å². The van der Waals surface area contributed by atoms with E-state index >= 15 is 0 Å². The van der Waals surface area contributed by atoms with Gasteiger partial charge in [0.15, 0.2) is 0 Å². The standard InChI is InChI=1S/C20H19N3O3S/c24-19-9-8-16(18-7-4-12-27-18)21-23(19)14-20(25)22-10-11-26-17(13-22)15-5-2-1-3-6-15/h1-9,12,17H,10-11,13-14H2. The summed E-state index contributed by atoms with van der Waals surface area (Å²) in [7, 11) is 0. The molecule has 1 saturated heterocycles. The van der Waals surface area contributed by atoms with Crippen molar-refractivity contribution in [2.24, 2.45) is 0 Å². The highest BCUT2D eigenvalue weighted by Crippen LogP contribution is 2.23. The minimum Gasteiger partial charge on any atom is -0.370 e. The first-order chi connectivity index (χ1) is 13.2. The number of hydrogen-bond donors (Lipinski definition) is 0. The normalized spacial score (nSPS) is 17.0. The van der Waals surface area contributed by atoms with E-state index in [1.807, 2.05) is 47.8 Å². The lowest BCUT2D eigenvalue weighted by molar-refractivity contribution is -0.139. The zero-order chi connectivity index (χ0) is 18.6. The first-order valence-electron chi connectivity index (χ1n) is 8.77. The van der Waals surface area contributed by atoms with Crippen molar-refractivity contribution < 1.29 is 9.53 Å². The predicted molar refractivity (Wildman–Crippen MR) is 104 cm³/mol. The summed E-state index contributed by atoms with van der Waals surface area (Å²) in [6, 6.07) is 16.9. The molecule has 0 N–H and O–H groups in total. The minimum absolute atomic E-state index is 0.0699. The molecular formula is C20H19N3O3S. The summed E-state index contributed by atoms with van der Waals surface area (Å²) < 4.78 is 7.05. The highest BCUT2D eigenvalue weighted by Gasteiger charge is 2.25. The van der Waals surface area contributed by atoms with Gasteiger partial charge in [-0.1, -0.05) is 36.4 Å². The largest absolute Gasteiger partial charge is 0.370 e. The van der Waals surface area contributed by atoms with Crippen molar-refractivity contribution in [3.8, 4) is 10.6 Å². The van der Waals surface area contributed by atoms with Gasteiger partial charge < -0.3 is 9.64 Å². The summed E-state index contributed by atoms with van der Waals surface area (Å²) in [5.74, 6) is -0.128. The molecule has 138 valence electrons. The molecule has 2 aromatic heterocycles. The van der Waals surface area contributed by atoms with Crippen LogP contribution in [0.25, 0.3) is 10.6 Å². The molecule has 0 spiro atoms. The fourth-order valence-corrected chi connectivity index (χ4v) is 3.78. The van der Waals surface area contributed by atoms with E-state index in [4.69, 9.17) is 4.74 Å². The van der Waals surface area contributed by atoms with Crippen molar-refractivity contribution in [2.45, 2.75) is 12.6 Å². The molecule has 0 radical (unpaired) electrons. The molecule has 6 nitrogen and oxygen atoms in total. The second-order valence-electron chi connectivity index (χ2n) is 6.30. The monoisotopic (exact) mass is 381 g/mol. The van der Waals surface area contributed by atoms with Crippen molar-refractivity contribution >= 4 is 17.2 Å². The fraction of sp³-hybridized carbons (Fsp3) is 0.250. The van der Waals surface area contributed by atoms with Gasteiger partial charge in [0.2, 0.25) is 5.91 Å². The van der Waals surface area contributed by atoms with Crippen LogP contribution in [0.4, 0.5) is 0 Å². The Bertz CT molecular complexity index is 970. The van der Waals surface area contributed by atoms with Crippen molar-refractivity contribution in [3.05, 3.63) is 75.9 Å². The molecule has 3 heterocycles. The number of ether oxygens (including phenoxy) is 1. The van der Waals surface area contributed by atoms with Gasteiger partial charge in [0.1, 0.15) is 18.3 Å². The summed E-state index contributed by atoms with van der Waals surface area (Å²) in [4.78, 5) is 27.6. The average molecular weight is 381 g/mol. The van der Waals surface area contributed by atoms with Gasteiger partial charge in [-0.15, -0.1) is 11.3 Å². The molecule has 1 amide bonds. The second kappa shape index (κ2) is 7.85. The van der Waals surface area contributed by atoms with Crippen LogP contribution < -0.4 is 5.56 Å². The number of nitrogens with zero attached hydrogens (tertiary/aromatic N) is 3. The molecule has 1 aliphatic heterocycles. The Morgan fingerprint density at radius 3 is 2.78 bits per heavy atom. The Labute approximate surface area is 160 Å². The summed E-state index contributed by atoms with van der Waals surface area (Å²) in [5, 5.41) is 6.32. The minimum atomic E-state index is -0.281. The lowest BCUT2D eigenvalue weighted by atomic mass is 10.1. The van der Waals surface area contributed by atoms with E-state index in [1.165, 1.54) is 10.7 Å². The highest BCUT2D eigenvalue weighted by atomic mass is 32.1. The Hall–Kier alpha value is -2.77. The molecule has 1 fully saturated rings. The summed E-state index contributed by atoms with van der Waals surface area (Å²) >= 11 is 1.55. The molecule has 1 unspecified atom stereocenters. The number of carbonyl (C=O) groups excluding carboxylic acids is 1. The van der Waals surface area contributed by atoms with Crippen LogP contribution in [0.1, 0.15) is 11.7 Å². The molecule has 27 heavy (non-hydrogen) atoms. The van der Waals surface area contributed by atoms with Gasteiger partial charge in [0.05, 0.1) is 18.0 Å². The zero-order valence-corrected chi connectivity index (χ0v) is 15.5. The molecule has 1 atom stereocenters. The molecule has 0 saturated carbocycles. The Morgan fingerprint density at radius 1 is 1.15 bits per heavy atom. The first kappa shape index (κ1) is 17.6. The lowest BCUT2D eigenvalue weighted by Crippen LogP contribution is -2.44. The SMILES string of the molecule is O=C(Cn1nc(-c2cccs2)ccc1=O)N1CCOC(c2ccccc2)C1. The van der Waals surface area contributed by atoms with Crippen LogP contribution in [0.3, 0.4) is 0 Å². The molecule has 0 aliphatic carbocycles. The van der Waals surface area contributed by atoms with Crippen LogP contribution in [-0.4, -0.2) is 40.3 Å². The number of benzene rings is 1. The molecule has 7 heteroatoms. The van der Waals surface area contributed by atoms with Crippen molar-refractivity contribution in [3.63, 3.8) is 0 Å². The van der Waals surface area contributed by atoms with Crippen LogP contribution in [0, 0.1) is 0 Å². The molecular weight excluding hydrogens is 362 g/mol. The van der Waals surface area contributed by atoms with Crippen LogP contribution >= 0.6 is 11.3 Å². The third kappa shape index (κ3) is 3.99. The predicted octanol–water partition coefficient (Wildman–Crippen LogP) is 2.57. The maximum atomic E-state index is 12.8. The highest BCUT2D eigenvalue weighted by molar-refractivity contribution is 7.13. The number of carbonyl (C=O) groups is 1. The van der Waals surface area contributed by atoms with E-state index in [1.54, 1.807) is 22.3 Å². The summed E-state index contributed by atoms with van der Waals surface area (Å²) in [6.45, 7) is 1.40. The molecule has 0 bridgehead atoms. The van der Waals surface area contributed by atoms with E-state index in [-0.39, 0.29) is 24.1 Å². The number of rotatable bonds is 4. The van der Waals surface area contributed by atoms with Crippen LogP contribution in [0.15, 0.2) is 64.8 Å². The maximum Gasteiger partial charge on any atom is 0.267 e. The van der Waals surface area contributed by atoms with Gasteiger partial charge in [0, 0.05) is 12.6 Å². The average Bonchev–Trinajstić information content (AvgIpc) is 3.25. The lowest BCUT2D eigenvalue weighted by Gasteiger charge is -2.33. The quantitative estimate of drug-likeness (QED) is 0.697. The second-order valence-corrected chi connectivity index (χ2v) is 7.25. The zero-order valence-electron chi connectivity index (χ0n) is 14.7. The number of hydrogen-bond acceptors (Lipinski definition) is 5. The maximum absolute atomic E-state index is 12.8. The van der Waals surface area contributed by atoms with E-state index < -0.39 is 0 Å². The van der Waals surface area contributed by atoms with E-state index in [0.717, 1.165) is 10.4 Å². The van der Waals surface area contributed by atoms with Gasteiger partial charge >= 0.3 is 0 Å². The molecule has 3 aromatic rings. The number of aromatic nitrogens is 2. The number of morpholine rings is 1. The smallest absolute Gasteiger partial charge is 0.267 e. The van der Waals surface area contributed by atoms with Gasteiger partial charge in [0.25, 0.3) is 5.56 Å². The molecule has 1 aromatic carbocycles. The van der Waals surface area contributed by atoms with Crippen molar-refractivity contribution in [1.82, 2.24) is 14.7 Å². The fourth-order valence-electron chi connectivity index (χ4n) is 3.09. The topological polar surface area (TPSA) is 64.4 Å². The van der Waals surface area contributed by atoms with Crippen molar-refractivity contribution in [1.29, 1.82) is 0 Å².